The van der Waals surface area contributed by atoms with Crippen LogP contribution in [0.2, 0.25) is 0 Å². The zero-order valence-corrected chi connectivity index (χ0v) is 13.6. The first kappa shape index (κ1) is 15.2. The van der Waals surface area contributed by atoms with E-state index in [1.165, 1.54) is 0 Å². The first-order chi connectivity index (χ1) is 11.1. The van der Waals surface area contributed by atoms with Gasteiger partial charge in [-0.15, -0.1) is 0 Å². The summed E-state index contributed by atoms with van der Waals surface area (Å²) in [6, 6.07) is 13.5. The molecule has 1 amide bonds. The zero-order valence-electron chi connectivity index (χ0n) is 13.6. The van der Waals surface area contributed by atoms with E-state index in [0.717, 1.165) is 27.8 Å². The molecular formula is C19H20N2O2. The van der Waals surface area contributed by atoms with Crippen molar-refractivity contribution in [1.29, 1.82) is 0 Å². The average molecular weight is 308 g/mol. The minimum atomic E-state index is -0.0649. The van der Waals surface area contributed by atoms with Crippen LogP contribution in [0.3, 0.4) is 0 Å². The van der Waals surface area contributed by atoms with E-state index in [-0.39, 0.29) is 5.91 Å². The van der Waals surface area contributed by atoms with Gasteiger partial charge in [-0.25, -0.2) is 0 Å². The van der Waals surface area contributed by atoms with Crippen molar-refractivity contribution < 1.29 is 9.53 Å². The molecule has 1 N–H and O–H groups in total. The van der Waals surface area contributed by atoms with Crippen LogP contribution >= 0.6 is 0 Å². The van der Waals surface area contributed by atoms with Crippen molar-refractivity contribution in [2.75, 3.05) is 7.11 Å². The molecule has 4 heteroatoms. The molecule has 0 aliphatic heterocycles. The first-order valence-electron chi connectivity index (χ1n) is 7.55. The number of rotatable bonds is 4. The minimum absolute atomic E-state index is 0.0649. The monoisotopic (exact) mass is 308 g/mol. The largest absolute Gasteiger partial charge is 0.497 e. The fourth-order valence-corrected chi connectivity index (χ4v) is 2.70. The lowest BCUT2D eigenvalue weighted by Gasteiger charge is -2.06. The first-order valence-corrected chi connectivity index (χ1v) is 7.55. The van der Waals surface area contributed by atoms with E-state index in [0.29, 0.717) is 12.1 Å². The highest BCUT2D eigenvalue weighted by Crippen LogP contribution is 2.25. The Morgan fingerprint density at radius 3 is 2.61 bits per heavy atom. The van der Waals surface area contributed by atoms with Crippen LogP contribution in [0.5, 0.6) is 5.75 Å². The molecule has 0 atom stereocenters. The van der Waals surface area contributed by atoms with Crippen molar-refractivity contribution in [1.82, 2.24) is 9.88 Å². The lowest BCUT2D eigenvalue weighted by atomic mass is 10.1. The molecule has 3 aromatic rings. The summed E-state index contributed by atoms with van der Waals surface area (Å²) in [4.78, 5) is 12.3. The average Bonchev–Trinajstić information content (AvgIpc) is 2.88. The molecule has 0 unspecified atom stereocenters. The van der Waals surface area contributed by atoms with Crippen molar-refractivity contribution in [2.45, 2.75) is 13.5 Å². The summed E-state index contributed by atoms with van der Waals surface area (Å²) in [7, 11) is 3.66. The van der Waals surface area contributed by atoms with Crippen LogP contribution in [-0.2, 0) is 13.6 Å². The Morgan fingerprint density at radius 1 is 1.17 bits per heavy atom. The second-order valence-electron chi connectivity index (χ2n) is 5.70. The van der Waals surface area contributed by atoms with Crippen molar-refractivity contribution >= 4 is 16.8 Å². The Balaban J connectivity index is 1.81. The van der Waals surface area contributed by atoms with E-state index in [1.807, 2.05) is 62.6 Å². The molecule has 0 saturated carbocycles. The van der Waals surface area contributed by atoms with Crippen LogP contribution in [0.1, 0.15) is 21.5 Å². The highest BCUT2D eigenvalue weighted by molar-refractivity contribution is 5.94. The number of carbonyl (C=O) groups is 1. The number of aryl methyl sites for hydroxylation is 2. The third-order valence-corrected chi connectivity index (χ3v) is 4.03. The molecule has 0 aliphatic carbocycles. The van der Waals surface area contributed by atoms with Gasteiger partial charge in [-0.3, -0.25) is 4.79 Å². The number of methoxy groups -OCH3 is 1. The quantitative estimate of drug-likeness (QED) is 0.802. The van der Waals surface area contributed by atoms with Crippen LogP contribution in [0.4, 0.5) is 0 Å². The van der Waals surface area contributed by atoms with Crippen LogP contribution in [0.15, 0.2) is 48.7 Å². The van der Waals surface area contributed by atoms with Gasteiger partial charge in [-0.05, 0) is 42.8 Å². The molecule has 1 heterocycles. The Labute approximate surface area is 135 Å². The SMILES string of the molecule is COc1ccc2c(c1)c(CNC(=O)c1ccc(C)cc1)cn2C. The number of amides is 1. The molecule has 0 spiro atoms. The molecular weight excluding hydrogens is 288 g/mol. The zero-order chi connectivity index (χ0) is 16.4. The van der Waals surface area contributed by atoms with E-state index in [2.05, 4.69) is 9.88 Å². The normalized spacial score (nSPS) is 10.7. The van der Waals surface area contributed by atoms with Crippen LogP contribution < -0.4 is 10.1 Å². The highest BCUT2D eigenvalue weighted by atomic mass is 16.5. The molecule has 118 valence electrons. The third kappa shape index (κ3) is 3.06. The summed E-state index contributed by atoms with van der Waals surface area (Å²) < 4.78 is 7.35. The number of benzene rings is 2. The third-order valence-electron chi connectivity index (χ3n) is 4.03. The smallest absolute Gasteiger partial charge is 0.251 e. The molecule has 1 aromatic heterocycles. The number of nitrogens with one attached hydrogen (secondary N) is 1. The summed E-state index contributed by atoms with van der Waals surface area (Å²) in [5.74, 6) is 0.750. The second kappa shape index (κ2) is 6.16. The number of carbonyl (C=O) groups excluding carboxylic acids is 1. The number of nitrogens with zero attached hydrogens (tertiary/aromatic N) is 1. The molecule has 3 rings (SSSR count). The highest BCUT2D eigenvalue weighted by Gasteiger charge is 2.10. The lowest BCUT2D eigenvalue weighted by Crippen LogP contribution is -2.22. The Hall–Kier alpha value is -2.75. The summed E-state index contributed by atoms with van der Waals surface area (Å²) in [5, 5.41) is 4.08. The number of ether oxygens (including phenoxy) is 1. The lowest BCUT2D eigenvalue weighted by molar-refractivity contribution is 0.0951. The van der Waals surface area contributed by atoms with E-state index in [1.54, 1.807) is 7.11 Å². The van der Waals surface area contributed by atoms with Gasteiger partial charge in [0.2, 0.25) is 0 Å². The second-order valence-corrected chi connectivity index (χ2v) is 5.70. The topological polar surface area (TPSA) is 43.3 Å². The van der Waals surface area contributed by atoms with Crippen molar-refractivity contribution in [3.63, 3.8) is 0 Å². The maximum atomic E-state index is 12.3. The number of fused-ring (bicyclic) bond motifs is 1. The van der Waals surface area contributed by atoms with Crippen LogP contribution in [0, 0.1) is 6.92 Å². The molecule has 4 nitrogen and oxygen atoms in total. The van der Waals surface area contributed by atoms with Gasteiger partial charge in [0, 0.05) is 36.3 Å². The van der Waals surface area contributed by atoms with Gasteiger partial charge in [0.05, 0.1) is 7.11 Å². The maximum absolute atomic E-state index is 12.3. The van der Waals surface area contributed by atoms with Crippen molar-refractivity contribution in [3.8, 4) is 5.75 Å². The van der Waals surface area contributed by atoms with Gasteiger partial charge in [-0.2, -0.15) is 0 Å². The van der Waals surface area contributed by atoms with Gasteiger partial charge in [0.25, 0.3) is 5.91 Å². The standard InChI is InChI=1S/C19H20N2O2/c1-13-4-6-14(7-5-13)19(22)20-11-15-12-21(2)18-9-8-16(23-3)10-17(15)18/h4-10,12H,11H2,1-3H3,(H,20,22). The van der Waals surface area contributed by atoms with Gasteiger partial charge >= 0.3 is 0 Å². The fourth-order valence-electron chi connectivity index (χ4n) is 2.70. The Morgan fingerprint density at radius 2 is 1.91 bits per heavy atom. The predicted octanol–water partition coefficient (Wildman–Crippen LogP) is 3.43. The maximum Gasteiger partial charge on any atom is 0.251 e. The molecule has 23 heavy (non-hydrogen) atoms. The molecule has 0 saturated heterocycles. The molecule has 0 radical (unpaired) electrons. The summed E-state index contributed by atoms with van der Waals surface area (Å²) in [6.07, 6.45) is 2.04. The predicted molar refractivity (Wildman–Crippen MR) is 91.8 cm³/mol. The van der Waals surface area contributed by atoms with Crippen LogP contribution in [0.25, 0.3) is 10.9 Å². The molecule has 2 aromatic carbocycles. The number of aromatic nitrogens is 1. The summed E-state index contributed by atoms with van der Waals surface area (Å²) >= 11 is 0. The Bertz CT molecular complexity index is 848. The summed E-state index contributed by atoms with van der Waals surface area (Å²) in [5.41, 5.74) is 4.00. The van der Waals surface area contributed by atoms with Gasteiger partial charge in [0.1, 0.15) is 5.75 Å². The van der Waals surface area contributed by atoms with E-state index in [9.17, 15) is 4.79 Å². The van der Waals surface area contributed by atoms with Crippen molar-refractivity contribution in [2.24, 2.45) is 7.05 Å². The number of hydrogen-bond acceptors (Lipinski definition) is 2. The van der Waals surface area contributed by atoms with Crippen LogP contribution in [-0.4, -0.2) is 17.6 Å². The van der Waals surface area contributed by atoms with E-state index < -0.39 is 0 Å². The van der Waals surface area contributed by atoms with E-state index >= 15 is 0 Å². The molecule has 0 aliphatic rings. The number of hydrogen-bond donors (Lipinski definition) is 1. The fraction of sp³-hybridized carbons (Fsp3) is 0.211. The molecule has 0 bridgehead atoms. The van der Waals surface area contributed by atoms with E-state index in [4.69, 9.17) is 4.74 Å². The summed E-state index contributed by atoms with van der Waals surface area (Å²) in [6.45, 7) is 2.49. The van der Waals surface area contributed by atoms with Gasteiger partial charge in [0.15, 0.2) is 0 Å². The Kier molecular flexibility index (Phi) is 4.06. The molecule has 0 fully saturated rings. The van der Waals surface area contributed by atoms with Gasteiger partial charge < -0.3 is 14.6 Å². The van der Waals surface area contributed by atoms with Gasteiger partial charge in [-0.1, -0.05) is 17.7 Å². The van der Waals surface area contributed by atoms with Crippen molar-refractivity contribution in [3.05, 3.63) is 65.4 Å². The minimum Gasteiger partial charge on any atom is -0.497 e.